The van der Waals surface area contributed by atoms with Crippen LogP contribution in [0.5, 0.6) is 0 Å². The van der Waals surface area contributed by atoms with Crippen molar-refractivity contribution >= 4 is 81.5 Å². The molecule has 0 atom stereocenters. The van der Waals surface area contributed by atoms with E-state index in [0.29, 0.717) is 41.4 Å². The molecule has 5 rings (SSSR count). The first-order valence-electron chi connectivity index (χ1n) is 17.5. The second kappa shape index (κ2) is 18.5. The Labute approximate surface area is 337 Å². The molecule has 0 bridgehead atoms. The van der Waals surface area contributed by atoms with Gasteiger partial charge < -0.3 is 40.7 Å². The van der Waals surface area contributed by atoms with Crippen LogP contribution in [0.1, 0.15) is 58.7 Å². The van der Waals surface area contributed by atoms with Crippen LogP contribution in [-0.2, 0) is 28.2 Å². The van der Waals surface area contributed by atoms with Crippen molar-refractivity contribution in [1.29, 1.82) is 5.41 Å². The number of nitrogens with one attached hydrogen (secondary N) is 5. The molecule has 4 heterocycles. The number of aromatic nitrogens is 5. The fourth-order valence-corrected chi connectivity index (χ4v) is 6.33. The molecule has 300 valence electrons. The highest BCUT2D eigenvalue weighted by atomic mass is 35.5. The van der Waals surface area contributed by atoms with Crippen molar-refractivity contribution in [3.63, 3.8) is 0 Å². The number of amidine groups is 1. The second-order valence-corrected chi connectivity index (χ2v) is 13.6. The van der Waals surface area contributed by atoms with Crippen LogP contribution < -0.4 is 32.0 Å². The number of carbonyl (C=O) groups excluding carboxylic acids is 5. The number of hydrogen-bond donors (Lipinski definition) is 6. The summed E-state index contributed by atoms with van der Waals surface area (Å²) in [5.41, 5.74) is 7.73. The number of hydrazine groups is 1. The molecule has 57 heavy (non-hydrogen) atoms. The fourth-order valence-electron chi connectivity index (χ4n) is 5.94. The molecule has 0 saturated carbocycles. The van der Waals surface area contributed by atoms with Crippen molar-refractivity contribution in [3.8, 4) is 0 Å². The van der Waals surface area contributed by atoms with Crippen molar-refractivity contribution in [2.75, 3.05) is 52.4 Å². The van der Waals surface area contributed by atoms with E-state index in [2.05, 4.69) is 26.4 Å². The van der Waals surface area contributed by atoms with Crippen LogP contribution in [-0.4, -0.2) is 95.3 Å². The number of halogens is 2. The Morgan fingerprint density at radius 1 is 0.719 bits per heavy atom. The van der Waals surface area contributed by atoms with Crippen molar-refractivity contribution in [2.45, 2.75) is 6.42 Å². The van der Waals surface area contributed by atoms with E-state index in [9.17, 15) is 24.0 Å². The summed E-state index contributed by atoms with van der Waals surface area (Å²) in [6.45, 7) is 0.841. The van der Waals surface area contributed by atoms with Crippen LogP contribution in [0.15, 0.2) is 73.2 Å². The third-order valence-corrected chi connectivity index (χ3v) is 9.01. The van der Waals surface area contributed by atoms with Gasteiger partial charge in [-0.2, -0.15) is 5.10 Å². The highest BCUT2D eigenvalue weighted by Crippen LogP contribution is 2.25. The zero-order chi connectivity index (χ0) is 41.4. The van der Waals surface area contributed by atoms with Gasteiger partial charge in [-0.15, -0.1) is 23.2 Å². The van der Waals surface area contributed by atoms with Gasteiger partial charge in [0.25, 0.3) is 29.5 Å². The Morgan fingerprint density at radius 3 is 1.82 bits per heavy atom. The average Bonchev–Trinajstić information content (AvgIpc) is 3.93. The van der Waals surface area contributed by atoms with Gasteiger partial charge in [0, 0.05) is 96.2 Å². The Balaban J connectivity index is 1.26. The number of hydrogen-bond acceptors (Lipinski definition) is 8. The van der Waals surface area contributed by atoms with Crippen LogP contribution >= 0.6 is 23.2 Å². The predicted octanol–water partition coefficient (Wildman–Crippen LogP) is 3.59. The smallest absolute Gasteiger partial charge is 0.274 e. The molecule has 4 aromatic heterocycles. The van der Waals surface area contributed by atoms with Crippen molar-refractivity contribution in [3.05, 3.63) is 102 Å². The first-order valence-corrected chi connectivity index (χ1v) is 18.6. The maximum atomic E-state index is 13.8. The van der Waals surface area contributed by atoms with Gasteiger partial charge in [-0.3, -0.25) is 34.1 Å². The van der Waals surface area contributed by atoms with Crippen LogP contribution in [0.2, 0.25) is 0 Å². The molecule has 7 N–H and O–H groups in total. The summed E-state index contributed by atoms with van der Waals surface area (Å²) in [5.74, 6) is -1.78. The molecular formula is C37H43Cl2N13O5. The molecular weight excluding hydrogens is 777 g/mol. The van der Waals surface area contributed by atoms with E-state index in [1.165, 1.54) is 32.5 Å². The van der Waals surface area contributed by atoms with E-state index in [-0.39, 0.29) is 65.3 Å². The van der Waals surface area contributed by atoms with Crippen molar-refractivity contribution in [2.24, 2.45) is 33.9 Å². The van der Waals surface area contributed by atoms with Gasteiger partial charge in [-0.05, 0) is 30.3 Å². The van der Waals surface area contributed by atoms with E-state index in [1.807, 2.05) is 6.07 Å². The Morgan fingerprint density at radius 2 is 1.25 bits per heavy atom. The zero-order valence-electron chi connectivity index (χ0n) is 31.7. The molecule has 20 heteroatoms. The van der Waals surface area contributed by atoms with Gasteiger partial charge in [-0.1, -0.05) is 18.2 Å². The number of anilines is 4. The van der Waals surface area contributed by atoms with Crippen LogP contribution in [0.3, 0.4) is 0 Å². The molecule has 5 aromatic rings. The van der Waals surface area contributed by atoms with Gasteiger partial charge in [0.2, 0.25) is 0 Å². The average molecular weight is 821 g/mol. The first kappa shape index (κ1) is 41.8. The summed E-state index contributed by atoms with van der Waals surface area (Å²) in [6, 6.07) is 14.7. The minimum atomic E-state index is -0.554. The number of aryl methyl sites for hydroxylation is 4. The lowest BCUT2D eigenvalue weighted by atomic mass is 10.2. The predicted molar refractivity (Wildman–Crippen MR) is 218 cm³/mol. The third-order valence-electron chi connectivity index (χ3n) is 8.67. The molecule has 0 aliphatic rings. The van der Waals surface area contributed by atoms with Gasteiger partial charge >= 0.3 is 0 Å². The molecule has 0 aliphatic carbocycles. The summed E-state index contributed by atoms with van der Waals surface area (Å²) >= 11 is 12.2. The van der Waals surface area contributed by atoms with E-state index in [0.717, 1.165) is 0 Å². The minimum absolute atomic E-state index is 0.0430. The molecule has 18 nitrogen and oxygen atoms in total. The molecule has 0 aliphatic heterocycles. The van der Waals surface area contributed by atoms with Gasteiger partial charge in [0.15, 0.2) is 5.82 Å². The summed E-state index contributed by atoms with van der Waals surface area (Å²) in [5, 5.41) is 25.7. The monoisotopic (exact) mass is 819 g/mol. The van der Waals surface area contributed by atoms with Gasteiger partial charge in [0.1, 0.15) is 22.8 Å². The summed E-state index contributed by atoms with van der Waals surface area (Å²) in [7, 11) is 6.51. The maximum Gasteiger partial charge on any atom is 0.274 e. The molecule has 1 aromatic carbocycles. The number of nitrogens with zero attached hydrogens (tertiary/aromatic N) is 7. The number of nitrogens with two attached hydrogens (primary N) is 1. The van der Waals surface area contributed by atoms with Crippen molar-refractivity contribution in [1.82, 2.24) is 33.8 Å². The fraction of sp³-hybridized carbons (Fsp3) is 0.270. The maximum absolute atomic E-state index is 13.8. The highest BCUT2D eigenvalue weighted by molar-refractivity contribution is 6.18. The Hall–Kier alpha value is -6.37. The van der Waals surface area contributed by atoms with Crippen LogP contribution in [0.4, 0.5) is 22.9 Å². The Bertz CT molecular complexity index is 2290. The highest BCUT2D eigenvalue weighted by Gasteiger charge is 2.27. The van der Waals surface area contributed by atoms with E-state index >= 15 is 0 Å². The van der Waals surface area contributed by atoms with Crippen LogP contribution in [0.25, 0.3) is 0 Å². The lowest BCUT2D eigenvalue weighted by Crippen LogP contribution is -2.48. The van der Waals surface area contributed by atoms with Crippen molar-refractivity contribution < 1.29 is 24.0 Å². The van der Waals surface area contributed by atoms with Gasteiger partial charge in [0.05, 0.1) is 22.9 Å². The molecule has 0 saturated heterocycles. The lowest BCUT2D eigenvalue weighted by molar-refractivity contribution is 0.0901. The molecule has 5 amide bonds. The first-order chi connectivity index (χ1) is 27.2. The summed E-state index contributed by atoms with van der Waals surface area (Å²) < 4.78 is 5.96. The summed E-state index contributed by atoms with van der Waals surface area (Å²) in [4.78, 5) is 66.4. The Kier molecular flexibility index (Phi) is 13.6. The quantitative estimate of drug-likeness (QED) is 0.0351. The van der Waals surface area contributed by atoms with E-state index < -0.39 is 17.7 Å². The summed E-state index contributed by atoms with van der Waals surface area (Å²) in [6.07, 6.45) is 5.00. The molecule has 0 fully saturated rings. The SMILES string of the molecule is Cn1cc(NC(=O)c2cc(NC(=O)c3cc(NC(=O)c4cc(N(C(=O)c5ccccc5)N(CCCl)CCCl)cn4C)nn3C)cn2C)cc1C(=O)NCCC(=N)N. The van der Waals surface area contributed by atoms with E-state index in [4.69, 9.17) is 34.3 Å². The molecule has 0 spiro atoms. The largest absolute Gasteiger partial charge is 0.388 e. The number of carbonyl (C=O) groups is 5. The number of benzene rings is 1. The molecule has 0 unspecified atom stereocenters. The second-order valence-electron chi connectivity index (χ2n) is 12.9. The number of amides is 5. The topological polar surface area (TPSA) is 222 Å². The number of rotatable bonds is 17. The lowest BCUT2D eigenvalue weighted by Gasteiger charge is -2.33. The number of alkyl halides is 2. The normalized spacial score (nSPS) is 11.0. The standard InChI is InChI=1S/C37H43Cl2N13O5/c1-47-20-24(16-27(47)33(53)42-13-10-31(40)41)43-34(54)28-17-25(21-48(28)2)44-36(56)30-19-32(46-50(30)4)45-35(55)29-18-26(22-49(29)3)52(51(14-11-38)15-12-39)37(57)23-8-6-5-7-9-23/h5-9,16-22H,10-15H2,1-4H3,(H3,40,41)(H,42,53)(H,43,54)(H,44,56)(H,45,46,55). The van der Waals surface area contributed by atoms with Gasteiger partial charge in [-0.25, -0.2) is 10.0 Å². The molecule has 0 radical (unpaired) electrons. The zero-order valence-corrected chi connectivity index (χ0v) is 33.2. The van der Waals surface area contributed by atoms with E-state index in [1.54, 1.807) is 91.3 Å². The minimum Gasteiger partial charge on any atom is -0.388 e. The van der Waals surface area contributed by atoms with Crippen LogP contribution in [0, 0.1) is 5.41 Å². The third kappa shape index (κ3) is 10.1.